The van der Waals surface area contributed by atoms with Crippen molar-refractivity contribution in [2.75, 3.05) is 22.6 Å². The number of thioether (sulfide) groups is 1. The third kappa shape index (κ3) is 5.25. The first-order valence-electron chi connectivity index (χ1n) is 10.1. The quantitative estimate of drug-likeness (QED) is 0.687. The molecule has 0 aliphatic carbocycles. The first-order chi connectivity index (χ1) is 14.8. The molecule has 31 heavy (non-hydrogen) atoms. The van der Waals surface area contributed by atoms with Crippen LogP contribution in [0.1, 0.15) is 18.1 Å². The van der Waals surface area contributed by atoms with Gasteiger partial charge in [-0.05, 0) is 35.7 Å². The van der Waals surface area contributed by atoms with Gasteiger partial charge in [-0.2, -0.15) is 0 Å². The van der Waals surface area contributed by atoms with Gasteiger partial charge in [0.1, 0.15) is 0 Å². The summed E-state index contributed by atoms with van der Waals surface area (Å²) in [5.41, 5.74) is 2.93. The first kappa shape index (κ1) is 22.2. The lowest BCUT2D eigenvalue weighted by Crippen LogP contribution is -2.38. The predicted molar refractivity (Wildman–Crippen MR) is 128 cm³/mol. The number of carbonyl (C=O) groups excluding carboxylic acids is 1. The standard InChI is InChI=1S/C22H24ClN3O3S2/c1-2-16-5-3-4-6-18(16)24-21(27)12-30-22-25-19-13-31(28,29)14-20(19)26(22)11-15-7-9-17(23)10-8-15/h3-10,19-20H,2,11-14H2,1H3,(H,24,27)/t19-,20+/m1/s1. The molecule has 2 aliphatic rings. The Hall–Kier alpha value is -2.03. The van der Waals surface area contributed by atoms with Gasteiger partial charge >= 0.3 is 0 Å². The first-order valence-corrected chi connectivity index (χ1v) is 13.3. The van der Waals surface area contributed by atoms with Crippen molar-refractivity contribution >= 4 is 50.0 Å². The lowest BCUT2D eigenvalue weighted by Gasteiger charge is -2.26. The molecule has 2 aliphatic heterocycles. The van der Waals surface area contributed by atoms with E-state index in [9.17, 15) is 13.2 Å². The third-order valence-corrected chi connectivity index (χ3v) is 8.44. The van der Waals surface area contributed by atoms with Gasteiger partial charge < -0.3 is 10.2 Å². The number of nitrogens with one attached hydrogen (secondary N) is 1. The fraction of sp³-hybridized carbons (Fsp3) is 0.364. The van der Waals surface area contributed by atoms with Gasteiger partial charge in [0.2, 0.25) is 5.91 Å². The summed E-state index contributed by atoms with van der Waals surface area (Å²) >= 11 is 7.35. The number of carbonyl (C=O) groups is 1. The molecule has 6 nitrogen and oxygen atoms in total. The molecule has 2 atom stereocenters. The number of nitrogens with zero attached hydrogens (tertiary/aromatic N) is 2. The van der Waals surface area contributed by atoms with Crippen molar-refractivity contribution in [2.45, 2.75) is 32.0 Å². The number of halogens is 1. The molecule has 0 spiro atoms. The summed E-state index contributed by atoms with van der Waals surface area (Å²) in [6, 6.07) is 14.8. The normalized spacial score (nSPS) is 21.6. The highest BCUT2D eigenvalue weighted by Gasteiger charge is 2.46. The van der Waals surface area contributed by atoms with E-state index in [1.807, 2.05) is 53.4 Å². The summed E-state index contributed by atoms with van der Waals surface area (Å²) in [7, 11) is -3.10. The van der Waals surface area contributed by atoms with Gasteiger partial charge in [0.25, 0.3) is 0 Å². The van der Waals surface area contributed by atoms with Gasteiger partial charge in [-0.25, -0.2) is 8.42 Å². The van der Waals surface area contributed by atoms with Gasteiger partial charge in [0.15, 0.2) is 15.0 Å². The Balaban J connectivity index is 1.46. The van der Waals surface area contributed by atoms with Gasteiger partial charge in [0, 0.05) is 17.3 Å². The number of rotatable bonds is 6. The van der Waals surface area contributed by atoms with Gasteiger partial charge in [-0.15, -0.1) is 0 Å². The number of aliphatic imine (C=N–C) groups is 1. The molecule has 0 bridgehead atoms. The van der Waals surface area contributed by atoms with Gasteiger partial charge in [0.05, 0.1) is 29.3 Å². The number of anilines is 1. The third-order valence-electron chi connectivity index (χ3n) is 5.49. The maximum absolute atomic E-state index is 12.6. The molecule has 1 fully saturated rings. The minimum Gasteiger partial charge on any atom is -0.341 e. The van der Waals surface area contributed by atoms with Crippen LogP contribution in [0.4, 0.5) is 5.69 Å². The maximum Gasteiger partial charge on any atom is 0.234 e. The SMILES string of the molecule is CCc1ccccc1NC(=O)CSC1=N[C@@H]2CS(=O)(=O)C[C@@H]2N1Cc1ccc(Cl)cc1. The van der Waals surface area contributed by atoms with Crippen LogP contribution in [0.15, 0.2) is 53.5 Å². The zero-order chi connectivity index (χ0) is 22.0. The fourth-order valence-electron chi connectivity index (χ4n) is 3.95. The molecule has 9 heteroatoms. The Morgan fingerprint density at radius 2 is 1.94 bits per heavy atom. The lowest BCUT2D eigenvalue weighted by atomic mass is 10.1. The number of benzene rings is 2. The number of hydrogen-bond donors (Lipinski definition) is 1. The second-order valence-corrected chi connectivity index (χ2v) is 11.3. The maximum atomic E-state index is 12.6. The highest BCUT2D eigenvalue weighted by Crippen LogP contribution is 2.32. The highest BCUT2D eigenvalue weighted by atomic mass is 35.5. The number of sulfone groups is 1. The zero-order valence-electron chi connectivity index (χ0n) is 17.1. The van der Waals surface area contributed by atoms with Crippen molar-refractivity contribution < 1.29 is 13.2 Å². The number of hydrogen-bond acceptors (Lipinski definition) is 6. The van der Waals surface area contributed by atoms with Crippen LogP contribution >= 0.6 is 23.4 Å². The van der Waals surface area contributed by atoms with Crippen LogP contribution in [0.2, 0.25) is 5.02 Å². The van der Waals surface area contributed by atoms with E-state index < -0.39 is 9.84 Å². The fourth-order valence-corrected chi connectivity index (χ4v) is 6.86. The summed E-state index contributed by atoms with van der Waals surface area (Å²) in [5, 5.41) is 4.35. The molecule has 0 saturated carbocycles. The van der Waals surface area contributed by atoms with Crippen molar-refractivity contribution in [3.8, 4) is 0 Å². The molecule has 1 amide bonds. The molecule has 164 valence electrons. The van der Waals surface area contributed by atoms with E-state index in [-0.39, 0.29) is 35.2 Å². The molecule has 4 rings (SSSR count). The van der Waals surface area contributed by atoms with Crippen LogP contribution in [0.5, 0.6) is 0 Å². The Kier molecular flexibility index (Phi) is 6.60. The Morgan fingerprint density at radius 3 is 2.68 bits per heavy atom. The Bertz CT molecular complexity index is 1100. The van der Waals surface area contributed by atoms with Crippen molar-refractivity contribution in [2.24, 2.45) is 4.99 Å². The molecule has 2 aromatic rings. The van der Waals surface area contributed by atoms with Crippen molar-refractivity contribution in [1.29, 1.82) is 0 Å². The van der Waals surface area contributed by atoms with Crippen LogP contribution in [-0.2, 0) is 27.6 Å². The summed E-state index contributed by atoms with van der Waals surface area (Å²) in [6.45, 7) is 2.58. The Morgan fingerprint density at radius 1 is 1.19 bits per heavy atom. The molecular formula is C22H24ClN3O3S2. The zero-order valence-corrected chi connectivity index (χ0v) is 19.5. The topological polar surface area (TPSA) is 78.8 Å². The monoisotopic (exact) mass is 477 g/mol. The van der Waals surface area contributed by atoms with Crippen molar-refractivity contribution in [3.63, 3.8) is 0 Å². The van der Waals surface area contributed by atoms with Crippen LogP contribution in [-0.4, -0.2) is 53.7 Å². The molecule has 2 aromatic carbocycles. The average Bonchev–Trinajstić information content (AvgIpc) is 3.20. The molecular weight excluding hydrogens is 454 g/mol. The average molecular weight is 478 g/mol. The number of fused-ring (bicyclic) bond motifs is 1. The molecule has 0 radical (unpaired) electrons. The summed E-state index contributed by atoms with van der Waals surface area (Å²) in [4.78, 5) is 19.3. The van der Waals surface area contributed by atoms with E-state index in [2.05, 4.69) is 17.2 Å². The molecule has 1 N–H and O–H groups in total. The molecule has 2 heterocycles. The van der Waals surface area contributed by atoms with Crippen LogP contribution in [0.25, 0.3) is 0 Å². The highest BCUT2D eigenvalue weighted by molar-refractivity contribution is 8.14. The van der Waals surface area contributed by atoms with E-state index in [1.165, 1.54) is 11.8 Å². The van der Waals surface area contributed by atoms with Crippen molar-refractivity contribution in [1.82, 2.24) is 4.90 Å². The second kappa shape index (κ2) is 9.22. The molecule has 1 saturated heterocycles. The van der Waals surface area contributed by atoms with E-state index >= 15 is 0 Å². The predicted octanol–water partition coefficient (Wildman–Crippen LogP) is 3.61. The smallest absolute Gasteiger partial charge is 0.234 e. The van der Waals surface area contributed by atoms with Crippen LogP contribution < -0.4 is 5.32 Å². The summed E-state index contributed by atoms with van der Waals surface area (Å²) in [6.07, 6.45) is 0.836. The number of amidine groups is 1. The van der Waals surface area contributed by atoms with E-state index in [0.717, 1.165) is 28.4 Å². The van der Waals surface area contributed by atoms with E-state index in [1.54, 1.807) is 0 Å². The lowest BCUT2D eigenvalue weighted by molar-refractivity contribution is -0.113. The Labute approximate surface area is 192 Å². The van der Waals surface area contributed by atoms with Crippen molar-refractivity contribution in [3.05, 3.63) is 64.7 Å². The number of aryl methyl sites for hydroxylation is 1. The minimum absolute atomic E-state index is 0.0644. The van der Waals surface area contributed by atoms with Gasteiger partial charge in [-0.1, -0.05) is 60.6 Å². The van der Waals surface area contributed by atoms with Gasteiger partial charge in [-0.3, -0.25) is 9.79 Å². The summed E-state index contributed by atoms with van der Waals surface area (Å²) < 4.78 is 24.3. The minimum atomic E-state index is -3.10. The summed E-state index contributed by atoms with van der Waals surface area (Å²) in [5.74, 6) is 0.258. The van der Waals surface area contributed by atoms with Crippen LogP contribution in [0.3, 0.4) is 0 Å². The molecule has 0 unspecified atom stereocenters. The van der Waals surface area contributed by atoms with E-state index in [4.69, 9.17) is 11.6 Å². The second-order valence-electron chi connectivity index (χ2n) is 7.73. The molecule has 0 aromatic heterocycles. The largest absolute Gasteiger partial charge is 0.341 e. The van der Waals surface area contributed by atoms with E-state index in [0.29, 0.717) is 11.6 Å². The van der Waals surface area contributed by atoms with Crippen LogP contribution in [0, 0.1) is 0 Å². The number of para-hydroxylation sites is 1. The number of amides is 1.